The zero-order chi connectivity index (χ0) is 16.4. The average molecular weight is 327 g/mol. The number of morpholine rings is 1. The molecule has 2 atom stereocenters. The second-order valence-electron chi connectivity index (χ2n) is 6.25. The molecule has 2 aliphatic heterocycles. The Morgan fingerprint density at radius 2 is 2.00 bits per heavy atom. The van der Waals surface area contributed by atoms with Crippen molar-refractivity contribution in [1.29, 1.82) is 0 Å². The highest BCUT2D eigenvalue weighted by Crippen LogP contribution is 2.17. The molecule has 2 aromatic rings. The van der Waals surface area contributed by atoms with Crippen LogP contribution >= 0.6 is 0 Å². The number of amides is 1. The van der Waals surface area contributed by atoms with Gasteiger partial charge in [0.25, 0.3) is 5.91 Å². The van der Waals surface area contributed by atoms with E-state index in [-0.39, 0.29) is 18.0 Å². The van der Waals surface area contributed by atoms with E-state index in [1.807, 2.05) is 30.3 Å². The number of nitrogens with one attached hydrogen (secondary N) is 1. The van der Waals surface area contributed by atoms with Crippen molar-refractivity contribution in [3.8, 4) is 0 Å². The Morgan fingerprint density at radius 1 is 1.17 bits per heavy atom. The topological polar surface area (TPSA) is 63.7 Å². The van der Waals surface area contributed by atoms with Gasteiger partial charge in [0, 0.05) is 24.7 Å². The molecule has 0 radical (unpaired) electrons. The van der Waals surface area contributed by atoms with Crippen LogP contribution in [-0.2, 0) is 9.47 Å². The fraction of sp³-hybridized carbons (Fsp3) is 0.444. The van der Waals surface area contributed by atoms with Crippen LogP contribution in [0.15, 0.2) is 36.5 Å². The van der Waals surface area contributed by atoms with Gasteiger partial charge in [-0.3, -0.25) is 14.7 Å². The number of nitrogens with zero attached hydrogens (tertiary/aromatic N) is 2. The van der Waals surface area contributed by atoms with E-state index in [1.54, 1.807) is 6.20 Å². The lowest BCUT2D eigenvalue weighted by molar-refractivity contribution is 0.0108. The van der Waals surface area contributed by atoms with Crippen molar-refractivity contribution in [3.63, 3.8) is 0 Å². The smallest absolute Gasteiger partial charge is 0.253 e. The predicted molar refractivity (Wildman–Crippen MR) is 90.0 cm³/mol. The summed E-state index contributed by atoms with van der Waals surface area (Å²) in [4.78, 5) is 19.3. The number of carbonyl (C=O) groups excluding carboxylic acids is 1. The first kappa shape index (κ1) is 15.5. The maximum Gasteiger partial charge on any atom is 0.253 e. The van der Waals surface area contributed by atoms with Crippen LogP contribution in [0, 0.1) is 0 Å². The molecule has 0 saturated carbocycles. The van der Waals surface area contributed by atoms with Gasteiger partial charge in [0.15, 0.2) is 0 Å². The van der Waals surface area contributed by atoms with E-state index in [1.165, 1.54) is 0 Å². The molecule has 1 aromatic heterocycles. The second kappa shape index (κ2) is 6.84. The number of hydrogen-bond acceptors (Lipinski definition) is 5. The minimum atomic E-state index is -0.0954. The maximum absolute atomic E-state index is 12.6. The summed E-state index contributed by atoms with van der Waals surface area (Å²) in [7, 11) is 0. The summed E-state index contributed by atoms with van der Waals surface area (Å²) >= 11 is 0. The summed E-state index contributed by atoms with van der Waals surface area (Å²) in [5, 5.41) is 4.09. The van der Waals surface area contributed by atoms with Gasteiger partial charge in [0.05, 0.1) is 49.6 Å². The van der Waals surface area contributed by atoms with Gasteiger partial charge in [0.2, 0.25) is 0 Å². The molecule has 0 spiro atoms. The summed E-state index contributed by atoms with van der Waals surface area (Å²) in [6, 6.07) is 9.90. The lowest BCUT2D eigenvalue weighted by Gasteiger charge is -2.34. The fourth-order valence-corrected chi connectivity index (χ4v) is 3.40. The minimum Gasteiger partial charge on any atom is -0.379 e. The van der Waals surface area contributed by atoms with Crippen LogP contribution in [0.2, 0.25) is 0 Å². The van der Waals surface area contributed by atoms with E-state index in [2.05, 4.69) is 15.2 Å². The van der Waals surface area contributed by atoms with Crippen molar-refractivity contribution < 1.29 is 14.3 Å². The van der Waals surface area contributed by atoms with Crippen LogP contribution in [0.3, 0.4) is 0 Å². The van der Waals surface area contributed by atoms with Gasteiger partial charge in [0.1, 0.15) is 0 Å². The van der Waals surface area contributed by atoms with Crippen molar-refractivity contribution in [1.82, 2.24) is 15.2 Å². The van der Waals surface area contributed by atoms with Crippen LogP contribution in [0.25, 0.3) is 10.9 Å². The van der Waals surface area contributed by atoms with Gasteiger partial charge in [-0.25, -0.2) is 0 Å². The average Bonchev–Trinajstić information content (AvgIpc) is 3.10. The van der Waals surface area contributed by atoms with Gasteiger partial charge in [-0.15, -0.1) is 0 Å². The molecule has 0 aliphatic carbocycles. The summed E-state index contributed by atoms with van der Waals surface area (Å²) in [6.45, 7) is 4.46. The fourth-order valence-electron chi connectivity index (χ4n) is 3.40. The molecule has 1 aromatic carbocycles. The first-order chi connectivity index (χ1) is 11.8. The van der Waals surface area contributed by atoms with Crippen molar-refractivity contribution in [3.05, 3.63) is 42.1 Å². The summed E-state index contributed by atoms with van der Waals surface area (Å²) in [5.74, 6) is -0.0954. The number of rotatable bonds is 3. The van der Waals surface area contributed by atoms with Crippen molar-refractivity contribution >= 4 is 16.8 Å². The highest BCUT2D eigenvalue weighted by Gasteiger charge is 2.35. The van der Waals surface area contributed by atoms with E-state index in [0.29, 0.717) is 18.8 Å². The van der Waals surface area contributed by atoms with E-state index in [9.17, 15) is 4.79 Å². The minimum absolute atomic E-state index is 0.00192. The molecule has 2 fully saturated rings. The molecular formula is C18H21N3O3. The number of fused-ring (bicyclic) bond motifs is 1. The molecule has 0 unspecified atom stereocenters. The van der Waals surface area contributed by atoms with Crippen molar-refractivity contribution in [2.24, 2.45) is 0 Å². The standard InChI is InChI=1S/C18H21N3O3/c22-18(14-9-13-3-1-2-4-15(13)19-10-14)20-16-11-24-12-17(16)21-5-7-23-8-6-21/h1-4,9-10,16-17H,5-8,11-12H2,(H,20,22)/t16-,17-/m0/s1. The molecular weight excluding hydrogens is 306 g/mol. The number of aromatic nitrogens is 1. The predicted octanol–water partition coefficient (Wildman–Crippen LogP) is 1.06. The number of hydrogen-bond donors (Lipinski definition) is 1. The molecule has 2 aliphatic rings. The van der Waals surface area contributed by atoms with Gasteiger partial charge < -0.3 is 14.8 Å². The maximum atomic E-state index is 12.6. The Balaban J connectivity index is 1.47. The molecule has 126 valence electrons. The van der Waals surface area contributed by atoms with E-state index >= 15 is 0 Å². The Morgan fingerprint density at radius 3 is 2.88 bits per heavy atom. The lowest BCUT2D eigenvalue weighted by atomic mass is 10.1. The van der Waals surface area contributed by atoms with Crippen molar-refractivity contribution in [2.75, 3.05) is 39.5 Å². The van der Waals surface area contributed by atoms with Crippen molar-refractivity contribution in [2.45, 2.75) is 12.1 Å². The molecule has 1 amide bonds. The van der Waals surface area contributed by atoms with Crippen LogP contribution < -0.4 is 5.32 Å². The SMILES string of the molecule is O=C(N[C@H]1COC[C@@H]1N1CCOCC1)c1cnc2ccccc2c1. The Labute approximate surface area is 140 Å². The molecule has 1 N–H and O–H groups in total. The van der Waals surface area contributed by atoms with Crippen LogP contribution in [0.5, 0.6) is 0 Å². The Bertz CT molecular complexity index is 730. The molecule has 24 heavy (non-hydrogen) atoms. The third-order valence-corrected chi connectivity index (χ3v) is 4.73. The first-order valence-electron chi connectivity index (χ1n) is 8.36. The van der Waals surface area contributed by atoms with Gasteiger partial charge in [-0.2, -0.15) is 0 Å². The van der Waals surface area contributed by atoms with Crippen LogP contribution in [-0.4, -0.2) is 67.4 Å². The molecule has 4 rings (SSSR count). The summed E-state index contributed by atoms with van der Waals surface area (Å²) in [5.41, 5.74) is 1.48. The van der Waals surface area contributed by atoms with E-state index in [0.717, 1.165) is 37.2 Å². The number of ether oxygens (including phenoxy) is 2. The van der Waals surface area contributed by atoms with Crippen LogP contribution in [0.1, 0.15) is 10.4 Å². The van der Waals surface area contributed by atoms with Gasteiger partial charge in [-0.1, -0.05) is 18.2 Å². The van der Waals surface area contributed by atoms with Crippen LogP contribution in [0.4, 0.5) is 0 Å². The van der Waals surface area contributed by atoms with E-state index in [4.69, 9.17) is 9.47 Å². The number of carbonyl (C=O) groups is 1. The van der Waals surface area contributed by atoms with Gasteiger partial charge in [-0.05, 0) is 12.1 Å². The second-order valence-corrected chi connectivity index (χ2v) is 6.25. The Kier molecular flexibility index (Phi) is 4.42. The zero-order valence-corrected chi connectivity index (χ0v) is 13.5. The Hall–Kier alpha value is -2.02. The summed E-state index contributed by atoms with van der Waals surface area (Å²) < 4.78 is 11.0. The lowest BCUT2D eigenvalue weighted by Crippen LogP contribution is -2.54. The quantitative estimate of drug-likeness (QED) is 0.913. The monoisotopic (exact) mass is 327 g/mol. The number of pyridine rings is 1. The zero-order valence-electron chi connectivity index (χ0n) is 13.5. The van der Waals surface area contributed by atoms with Gasteiger partial charge >= 0.3 is 0 Å². The third kappa shape index (κ3) is 3.13. The first-order valence-corrected chi connectivity index (χ1v) is 8.36. The molecule has 3 heterocycles. The number of benzene rings is 1. The highest BCUT2D eigenvalue weighted by atomic mass is 16.5. The normalized spacial score (nSPS) is 25.0. The summed E-state index contributed by atoms with van der Waals surface area (Å²) in [6.07, 6.45) is 1.64. The molecule has 6 heteroatoms. The molecule has 6 nitrogen and oxygen atoms in total. The van der Waals surface area contributed by atoms with E-state index < -0.39 is 0 Å². The highest BCUT2D eigenvalue weighted by molar-refractivity contribution is 5.97. The largest absolute Gasteiger partial charge is 0.379 e. The third-order valence-electron chi connectivity index (χ3n) is 4.73. The molecule has 2 saturated heterocycles. The molecule has 0 bridgehead atoms. The number of para-hydroxylation sites is 1.